The first-order valence-corrected chi connectivity index (χ1v) is 11.9. The summed E-state index contributed by atoms with van der Waals surface area (Å²) < 4.78 is 26.9. The van der Waals surface area contributed by atoms with Crippen molar-refractivity contribution in [3.8, 4) is 0 Å². The second-order valence-corrected chi connectivity index (χ2v) is 10.2. The van der Waals surface area contributed by atoms with Gasteiger partial charge in [0.25, 0.3) is 0 Å². The number of sulfonamides is 1. The molecule has 0 unspecified atom stereocenters. The lowest BCUT2D eigenvalue weighted by Gasteiger charge is -2.19. The Labute approximate surface area is 174 Å². The molecule has 9 heteroatoms. The molecule has 2 heterocycles. The van der Waals surface area contributed by atoms with Crippen molar-refractivity contribution in [1.29, 1.82) is 0 Å². The van der Waals surface area contributed by atoms with Crippen molar-refractivity contribution in [3.63, 3.8) is 0 Å². The molecule has 0 spiro atoms. The first kappa shape index (κ1) is 20.2. The predicted octanol–water partition coefficient (Wildman–Crippen LogP) is 2.80. The molecule has 7 nitrogen and oxygen atoms in total. The molecule has 4 rings (SSSR count). The van der Waals surface area contributed by atoms with Crippen LogP contribution in [0.3, 0.4) is 0 Å². The molecule has 0 bridgehead atoms. The molecule has 1 aromatic carbocycles. The van der Waals surface area contributed by atoms with Crippen molar-refractivity contribution >= 4 is 37.4 Å². The molecule has 3 aromatic rings. The maximum atomic E-state index is 12.9. The number of nitrogens with one attached hydrogen (secondary N) is 1. The standard InChI is InChI=1S/C20H24N4O3S2/c1-24(10-11-25)29(26,27)17-9-5-2-6-14(17)12-21-19-18-15-7-3-4-8-16(15)28-20(18)23-13-22-19/h2,5-6,9,13,25H,3-4,7-8,10-12H2,1H3,(H,21,22,23). The second kappa shape index (κ2) is 8.35. The van der Waals surface area contributed by atoms with E-state index in [0.717, 1.165) is 28.9 Å². The molecule has 0 saturated carbocycles. The number of thiophene rings is 1. The summed E-state index contributed by atoms with van der Waals surface area (Å²) in [5.74, 6) is 0.755. The Hall–Kier alpha value is -2.07. The van der Waals surface area contributed by atoms with Crippen LogP contribution in [-0.4, -0.2) is 48.0 Å². The van der Waals surface area contributed by atoms with Gasteiger partial charge in [-0.1, -0.05) is 18.2 Å². The zero-order valence-electron chi connectivity index (χ0n) is 16.3. The van der Waals surface area contributed by atoms with Crippen molar-refractivity contribution in [3.05, 3.63) is 46.6 Å². The van der Waals surface area contributed by atoms with Crippen LogP contribution < -0.4 is 5.32 Å². The van der Waals surface area contributed by atoms with Gasteiger partial charge in [0.2, 0.25) is 10.0 Å². The van der Waals surface area contributed by atoms with Gasteiger partial charge in [0.1, 0.15) is 17.0 Å². The molecule has 29 heavy (non-hydrogen) atoms. The summed E-state index contributed by atoms with van der Waals surface area (Å²) in [7, 11) is -2.21. The summed E-state index contributed by atoms with van der Waals surface area (Å²) in [4.78, 5) is 11.5. The van der Waals surface area contributed by atoms with Gasteiger partial charge in [0.05, 0.1) is 16.9 Å². The van der Waals surface area contributed by atoms with E-state index in [4.69, 9.17) is 5.11 Å². The molecule has 1 aliphatic rings. The van der Waals surface area contributed by atoms with E-state index in [1.807, 2.05) is 6.07 Å². The van der Waals surface area contributed by atoms with Crippen molar-refractivity contribution in [2.75, 3.05) is 25.5 Å². The number of aliphatic hydroxyl groups is 1. The highest BCUT2D eigenvalue weighted by atomic mass is 32.2. The van der Waals surface area contributed by atoms with Crippen LogP contribution in [0.4, 0.5) is 5.82 Å². The lowest BCUT2D eigenvalue weighted by Crippen LogP contribution is -2.30. The van der Waals surface area contributed by atoms with Gasteiger partial charge in [-0.3, -0.25) is 0 Å². The van der Waals surface area contributed by atoms with Crippen LogP contribution in [0.15, 0.2) is 35.5 Å². The molecule has 2 N–H and O–H groups in total. The minimum absolute atomic E-state index is 0.0532. The van der Waals surface area contributed by atoms with E-state index in [1.54, 1.807) is 35.9 Å². The number of rotatable bonds is 7. The van der Waals surface area contributed by atoms with Gasteiger partial charge in [-0.05, 0) is 42.9 Å². The van der Waals surface area contributed by atoms with Crippen molar-refractivity contribution in [2.24, 2.45) is 0 Å². The molecule has 0 radical (unpaired) electrons. The maximum Gasteiger partial charge on any atom is 0.243 e. The summed E-state index contributed by atoms with van der Waals surface area (Å²) in [6, 6.07) is 6.93. The summed E-state index contributed by atoms with van der Waals surface area (Å²) in [5, 5.41) is 13.5. The van der Waals surface area contributed by atoms with E-state index in [0.29, 0.717) is 12.1 Å². The van der Waals surface area contributed by atoms with Gasteiger partial charge in [0.15, 0.2) is 0 Å². The predicted molar refractivity (Wildman–Crippen MR) is 115 cm³/mol. The molecule has 0 saturated heterocycles. The number of hydrogen-bond donors (Lipinski definition) is 2. The molecule has 0 amide bonds. The summed E-state index contributed by atoms with van der Waals surface area (Å²) >= 11 is 1.74. The lowest BCUT2D eigenvalue weighted by atomic mass is 9.97. The third-order valence-corrected chi connectivity index (χ3v) is 8.43. The highest BCUT2D eigenvalue weighted by Crippen LogP contribution is 2.38. The number of aromatic nitrogens is 2. The molecule has 2 aromatic heterocycles. The Morgan fingerprint density at radius 2 is 2.00 bits per heavy atom. The largest absolute Gasteiger partial charge is 0.395 e. The molecule has 0 fully saturated rings. The quantitative estimate of drug-likeness (QED) is 0.596. The topological polar surface area (TPSA) is 95.4 Å². The zero-order chi connectivity index (χ0) is 20.4. The summed E-state index contributed by atoms with van der Waals surface area (Å²) in [6.45, 7) is 0.162. The smallest absolute Gasteiger partial charge is 0.243 e. The Morgan fingerprint density at radius 1 is 1.21 bits per heavy atom. The van der Waals surface area contributed by atoms with Crippen molar-refractivity contribution in [1.82, 2.24) is 14.3 Å². The Balaban J connectivity index is 1.65. The van der Waals surface area contributed by atoms with Gasteiger partial charge >= 0.3 is 0 Å². The first-order valence-electron chi connectivity index (χ1n) is 9.66. The van der Waals surface area contributed by atoms with Crippen LogP contribution in [0.1, 0.15) is 28.8 Å². The summed E-state index contributed by atoms with van der Waals surface area (Å²) in [5.41, 5.74) is 2.00. The minimum atomic E-state index is -3.68. The molecule has 0 atom stereocenters. The minimum Gasteiger partial charge on any atom is -0.395 e. The number of aryl methyl sites for hydroxylation is 2. The van der Waals surface area contributed by atoms with Crippen molar-refractivity contribution < 1.29 is 13.5 Å². The van der Waals surface area contributed by atoms with Gasteiger partial charge in [0, 0.05) is 25.0 Å². The fraction of sp³-hybridized carbons (Fsp3) is 0.400. The fourth-order valence-electron chi connectivity index (χ4n) is 3.73. The summed E-state index contributed by atoms with van der Waals surface area (Å²) in [6.07, 6.45) is 6.07. The van der Waals surface area contributed by atoms with Crippen LogP contribution in [-0.2, 0) is 29.4 Å². The SMILES string of the molecule is CN(CCO)S(=O)(=O)c1ccccc1CNc1ncnc2sc3c(c12)CCCC3. The van der Waals surface area contributed by atoms with Gasteiger partial charge in [-0.15, -0.1) is 11.3 Å². The van der Waals surface area contributed by atoms with E-state index in [1.165, 1.54) is 34.6 Å². The van der Waals surface area contributed by atoms with E-state index in [9.17, 15) is 8.42 Å². The third-order valence-electron chi connectivity index (χ3n) is 5.27. The fourth-order valence-corrected chi connectivity index (χ4v) is 6.34. The lowest BCUT2D eigenvalue weighted by molar-refractivity contribution is 0.266. The third kappa shape index (κ3) is 3.87. The number of aliphatic hydroxyl groups excluding tert-OH is 1. The Bertz CT molecular complexity index is 1130. The Morgan fingerprint density at radius 3 is 2.83 bits per heavy atom. The van der Waals surface area contributed by atoms with E-state index in [2.05, 4.69) is 15.3 Å². The van der Waals surface area contributed by atoms with Gasteiger partial charge < -0.3 is 10.4 Å². The molecular weight excluding hydrogens is 408 g/mol. The number of fused-ring (bicyclic) bond motifs is 3. The van der Waals surface area contributed by atoms with Gasteiger partial charge in [-0.25, -0.2) is 18.4 Å². The van der Waals surface area contributed by atoms with Crippen molar-refractivity contribution in [2.45, 2.75) is 37.1 Å². The molecule has 0 aliphatic heterocycles. The number of nitrogens with zero attached hydrogens (tertiary/aromatic N) is 3. The first-order chi connectivity index (χ1) is 14.0. The molecule has 1 aliphatic carbocycles. The second-order valence-electron chi connectivity index (χ2n) is 7.12. The number of benzene rings is 1. The average Bonchev–Trinajstić information content (AvgIpc) is 3.12. The Kier molecular flexibility index (Phi) is 5.82. The molecular formula is C20H24N4O3S2. The zero-order valence-corrected chi connectivity index (χ0v) is 17.9. The van der Waals surface area contributed by atoms with Crippen LogP contribution in [0.25, 0.3) is 10.2 Å². The average molecular weight is 433 g/mol. The highest BCUT2D eigenvalue weighted by Gasteiger charge is 2.24. The van der Waals surface area contributed by atoms with Crippen LogP contribution in [0, 0.1) is 0 Å². The van der Waals surface area contributed by atoms with Crippen LogP contribution in [0.2, 0.25) is 0 Å². The van der Waals surface area contributed by atoms with Gasteiger partial charge in [-0.2, -0.15) is 4.31 Å². The van der Waals surface area contributed by atoms with E-state index in [-0.39, 0.29) is 18.0 Å². The maximum absolute atomic E-state index is 12.9. The number of anilines is 1. The monoisotopic (exact) mass is 432 g/mol. The highest BCUT2D eigenvalue weighted by molar-refractivity contribution is 7.89. The number of hydrogen-bond acceptors (Lipinski definition) is 7. The number of likely N-dealkylation sites (N-methyl/N-ethyl adjacent to an activating group) is 1. The van der Waals surface area contributed by atoms with E-state index >= 15 is 0 Å². The normalized spacial score (nSPS) is 14.3. The molecule has 154 valence electrons. The van der Waals surface area contributed by atoms with Crippen LogP contribution in [0.5, 0.6) is 0 Å². The van der Waals surface area contributed by atoms with E-state index < -0.39 is 10.0 Å². The van der Waals surface area contributed by atoms with Crippen LogP contribution >= 0.6 is 11.3 Å².